The summed E-state index contributed by atoms with van der Waals surface area (Å²) in [5.74, 6) is 0. The zero-order valence-corrected chi connectivity index (χ0v) is 11.5. The van der Waals surface area contributed by atoms with Gasteiger partial charge in [-0.1, -0.05) is 12.1 Å². The highest BCUT2D eigenvalue weighted by molar-refractivity contribution is 7.92. The molecule has 0 unspecified atom stereocenters. The standard InChI is InChI=1S/C12H15F3N2O2S/c13-12(14,15)20(18,19)11-5-2-1-4-10(11)17-8-3-6-16-7-9-17/h1-2,4-5,16H,3,6-9H2. The first kappa shape index (κ1) is 15.1. The molecule has 1 aliphatic heterocycles. The zero-order chi connectivity index (χ0) is 14.8. The van der Waals surface area contributed by atoms with Crippen molar-refractivity contribution in [3.05, 3.63) is 24.3 Å². The molecule has 20 heavy (non-hydrogen) atoms. The molecule has 0 bridgehead atoms. The van der Waals surface area contributed by atoms with Crippen LogP contribution in [0.4, 0.5) is 18.9 Å². The van der Waals surface area contributed by atoms with E-state index in [1.54, 1.807) is 11.0 Å². The maximum absolute atomic E-state index is 12.7. The second kappa shape index (κ2) is 5.61. The maximum Gasteiger partial charge on any atom is 0.501 e. The summed E-state index contributed by atoms with van der Waals surface area (Å²) in [6.07, 6.45) is 0.750. The Balaban J connectivity index is 2.45. The van der Waals surface area contributed by atoms with Crippen LogP contribution < -0.4 is 10.2 Å². The number of halogens is 3. The van der Waals surface area contributed by atoms with Crippen LogP contribution in [-0.2, 0) is 9.84 Å². The van der Waals surface area contributed by atoms with Gasteiger partial charge in [0.25, 0.3) is 9.84 Å². The van der Waals surface area contributed by atoms with Crippen LogP contribution in [0.3, 0.4) is 0 Å². The van der Waals surface area contributed by atoms with Crippen molar-refractivity contribution in [3.63, 3.8) is 0 Å². The van der Waals surface area contributed by atoms with Crippen molar-refractivity contribution in [2.45, 2.75) is 16.8 Å². The molecule has 1 heterocycles. The summed E-state index contributed by atoms with van der Waals surface area (Å²) in [7, 11) is -5.33. The van der Waals surface area contributed by atoms with E-state index in [9.17, 15) is 21.6 Å². The molecule has 112 valence electrons. The molecule has 2 rings (SSSR count). The molecule has 1 saturated heterocycles. The summed E-state index contributed by atoms with van der Waals surface area (Å²) in [5, 5.41) is 3.12. The van der Waals surface area contributed by atoms with Gasteiger partial charge in [-0.25, -0.2) is 8.42 Å². The first-order chi connectivity index (χ1) is 9.34. The molecule has 0 aromatic heterocycles. The SMILES string of the molecule is O=S(=O)(c1ccccc1N1CCCNCC1)C(F)(F)F. The summed E-state index contributed by atoms with van der Waals surface area (Å²) in [4.78, 5) is 1.01. The molecule has 0 aliphatic carbocycles. The average Bonchev–Trinajstić information content (AvgIpc) is 2.66. The molecule has 1 aromatic carbocycles. The fraction of sp³-hybridized carbons (Fsp3) is 0.500. The molecule has 1 aromatic rings. The van der Waals surface area contributed by atoms with Gasteiger partial charge in [-0.15, -0.1) is 0 Å². The lowest BCUT2D eigenvalue weighted by Crippen LogP contribution is -2.31. The van der Waals surface area contributed by atoms with Crippen LogP contribution in [0.2, 0.25) is 0 Å². The lowest BCUT2D eigenvalue weighted by molar-refractivity contribution is -0.0435. The van der Waals surface area contributed by atoms with Gasteiger partial charge in [0.2, 0.25) is 0 Å². The molecule has 0 radical (unpaired) electrons. The summed E-state index contributed by atoms with van der Waals surface area (Å²) in [6.45, 7) is 2.38. The van der Waals surface area contributed by atoms with Gasteiger partial charge in [0.05, 0.1) is 10.6 Å². The number of rotatable bonds is 2. The number of alkyl halides is 3. The molecule has 0 saturated carbocycles. The number of sulfone groups is 1. The fourth-order valence-corrected chi connectivity index (χ4v) is 3.14. The maximum atomic E-state index is 12.7. The van der Waals surface area contributed by atoms with E-state index >= 15 is 0 Å². The predicted molar refractivity (Wildman–Crippen MR) is 69.4 cm³/mol. The van der Waals surface area contributed by atoms with Crippen LogP contribution in [0.5, 0.6) is 0 Å². The molecular weight excluding hydrogens is 293 g/mol. The molecule has 0 atom stereocenters. The number of para-hydroxylation sites is 1. The van der Waals surface area contributed by atoms with Gasteiger partial charge < -0.3 is 10.2 Å². The first-order valence-electron chi connectivity index (χ1n) is 6.20. The number of nitrogens with one attached hydrogen (secondary N) is 1. The summed E-state index contributed by atoms with van der Waals surface area (Å²) in [5.41, 5.74) is -5.17. The molecule has 0 amide bonds. The number of nitrogens with zero attached hydrogens (tertiary/aromatic N) is 1. The lowest BCUT2D eigenvalue weighted by atomic mass is 10.2. The van der Waals surface area contributed by atoms with E-state index in [-0.39, 0.29) is 5.69 Å². The monoisotopic (exact) mass is 308 g/mol. The third-order valence-electron chi connectivity index (χ3n) is 3.14. The summed E-state index contributed by atoms with van der Waals surface area (Å²) < 4.78 is 61.5. The molecule has 4 nitrogen and oxygen atoms in total. The van der Waals surface area contributed by atoms with Crippen LogP contribution >= 0.6 is 0 Å². The van der Waals surface area contributed by atoms with Crippen LogP contribution in [0.15, 0.2) is 29.2 Å². The van der Waals surface area contributed by atoms with E-state index in [1.165, 1.54) is 12.1 Å². The molecule has 0 spiro atoms. The van der Waals surface area contributed by atoms with Crippen molar-refractivity contribution in [3.8, 4) is 0 Å². The van der Waals surface area contributed by atoms with Crippen molar-refractivity contribution >= 4 is 15.5 Å². The minimum atomic E-state index is -5.33. The van der Waals surface area contributed by atoms with E-state index in [0.29, 0.717) is 19.6 Å². The summed E-state index contributed by atoms with van der Waals surface area (Å²) >= 11 is 0. The normalized spacial score (nSPS) is 17.9. The van der Waals surface area contributed by atoms with Gasteiger partial charge in [0.1, 0.15) is 0 Å². The first-order valence-corrected chi connectivity index (χ1v) is 7.68. The number of hydrogen-bond acceptors (Lipinski definition) is 4. The largest absolute Gasteiger partial charge is 0.501 e. The summed E-state index contributed by atoms with van der Waals surface area (Å²) in [6, 6.07) is 5.28. The van der Waals surface area contributed by atoms with Crippen molar-refractivity contribution in [1.29, 1.82) is 0 Å². The highest BCUT2D eigenvalue weighted by atomic mass is 32.2. The van der Waals surface area contributed by atoms with Gasteiger partial charge in [0, 0.05) is 19.6 Å². The van der Waals surface area contributed by atoms with Crippen molar-refractivity contribution in [2.24, 2.45) is 0 Å². The van der Waals surface area contributed by atoms with E-state index in [0.717, 1.165) is 19.0 Å². The Morgan fingerprint density at radius 3 is 2.50 bits per heavy atom. The second-order valence-electron chi connectivity index (χ2n) is 4.51. The predicted octanol–water partition coefficient (Wildman–Crippen LogP) is 1.78. The third kappa shape index (κ3) is 2.90. The Bertz CT molecular complexity index is 564. The van der Waals surface area contributed by atoms with E-state index in [2.05, 4.69) is 5.32 Å². The van der Waals surface area contributed by atoms with Crippen molar-refractivity contribution in [1.82, 2.24) is 5.32 Å². The van der Waals surface area contributed by atoms with Crippen molar-refractivity contribution in [2.75, 3.05) is 31.1 Å². The fourth-order valence-electron chi connectivity index (χ4n) is 2.16. The molecule has 8 heteroatoms. The molecule has 1 N–H and O–H groups in total. The number of anilines is 1. The average molecular weight is 308 g/mol. The van der Waals surface area contributed by atoms with Gasteiger partial charge in [-0.3, -0.25) is 0 Å². The van der Waals surface area contributed by atoms with Gasteiger partial charge >= 0.3 is 5.51 Å². The second-order valence-corrected chi connectivity index (χ2v) is 6.42. The minimum absolute atomic E-state index is 0.119. The molecular formula is C12H15F3N2O2S. The highest BCUT2D eigenvalue weighted by Crippen LogP contribution is 2.35. The number of hydrogen-bond donors (Lipinski definition) is 1. The smallest absolute Gasteiger partial charge is 0.369 e. The Morgan fingerprint density at radius 2 is 1.80 bits per heavy atom. The topological polar surface area (TPSA) is 49.4 Å². The Hall–Kier alpha value is -1.28. The third-order valence-corrected chi connectivity index (χ3v) is 4.67. The Kier molecular flexibility index (Phi) is 4.24. The highest BCUT2D eigenvalue weighted by Gasteiger charge is 2.48. The zero-order valence-electron chi connectivity index (χ0n) is 10.7. The van der Waals surface area contributed by atoms with Crippen LogP contribution in [0.25, 0.3) is 0 Å². The Labute approximate surface area is 115 Å². The van der Waals surface area contributed by atoms with Crippen LogP contribution in [-0.4, -0.2) is 40.1 Å². The molecule has 1 aliphatic rings. The Morgan fingerprint density at radius 1 is 1.10 bits per heavy atom. The van der Waals surface area contributed by atoms with E-state index in [1.807, 2.05) is 0 Å². The lowest BCUT2D eigenvalue weighted by Gasteiger charge is -2.25. The van der Waals surface area contributed by atoms with Crippen molar-refractivity contribution < 1.29 is 21.6 Å². The van der Waals surface area contributed by atoms with Crippen LogP contribution in [0.1, 0.15) is 6.42 Å². The van der Waals surface area contributed by atoms with Crippen LogP contribution in [0, 0.1) is 0 Å². The van der Waals surface area contributed by atoms with Gasteiger partial charge in [0.15, 0.2) is 0 Å². The van der Waals surface area contributed by atoms with Gasteiger partial charge in [-0.05, 0) is 25.1 Å². The van der Waals surface area contributed by atoms with E-state index in [4.69, 9.17) is 0 Å². The number of benzene rings is 1. The minimum Gasteiger partial charge on any atom is -0.369 e. The quantitative estimate of drug-likeness (QED) is 0.905. The van der Waals surface area contributed by atoms with E-state index < -0.39 is 20.2 Å². The molecule has 1 fully saturated rings. The van der Waals surface area contributed by atoms with Gasteiger partial charge in [-0.2, -0.15) is 13.2 Å².